The first-order valence-corrected chi connectivity index (χ1v) is 9.51. The molecule has 1 aromatic heterocycles. The number of aromatic nitrogens is 2. The molecule has 2 fully saturated rings. The van der Waals surface area contributed by atoms with Crippen LogP contribution in [-0.2, 0) is 6.18 Å². The summed E-state index contributed by atoms with van der Waals surface area (Å²) in [5.41, 5.74) is 0.860. The van der Waals surface area contributed by atoms with Crippen molar-refractivity contribution in [1.82, 2.24) is 20.0 Å². The average Bonchev–Trinajstić information content (AvgIpc) is 3.28. The van der Waals surface area contributed by atoms with Crippen molar-refractivity contribution in [3.8, 4) is 5.69 Å². The predicted octanol–water partition coefficient (Wildman–Crippen LogP) is 3.42. The number of halogens is 3. The lowest BCUT2D eigenvalue weighted by atomic mass is 9.78. The van der Waals surface area contributed by atoms with E-state index >= 15 is 0 Å². The van der Waals surface area contributed by atoms with Crippen molar-refractivity contribution in [1.29, 1.82) is 0 Å². The number of hydrogen-bond acceptors (Lipinski definition) is 3. The summed E-state index contributed by atoms with van der Waals surface area (Å²) in [4.78, 5) is 14.8. The summed E-state index contributed by atoms with van der Waals surface area (Å²) >= 11 is 0. The van der Waals surface area contributed by atoms with Crippen molar-refractivity contribution < 1.29 is 18.0 Å². The van der Waals surface area contributed by atoms with Gasteiger partial charge >= 0.3 is 6.18 Å². The topological polar surface area (TPSA) is 50.2 Å². The van der Waals surface area contributed by atoms with E-state index in [9.17, 15) is 18.0 Å². The molecule has 5 nitrogen and oxygen atoms in total. The van der Waals surface area contributed by atoms with Crippen LogP contribution in [0.5, 0.6) is 0 Å². The molecule has 4 rings (SSSR count). The van der Waals surface area contributed by atoms with Crippen LogP contribution in [0.15, 0.2) is 30.5 Å². The fourth-order valence-electron chi connectivity index (χ4n) is 4.27. The Balaban J connectivity index is 1.53. The summed E-state index contributed by atoms with van der Waals surface area (Å²) < 4.78 is 40.4. The molecule has 0 aliphatic carbocycles. The van der Waals surface area contributed by atoms with E-state index in [1.165, 1.54) is 16.9 Å². The summed E-state index contributed by atoms with van der Waals surface area (Å²) in [5, 5.41) is 7.60. The number of carbonyl (C=O) groups excluding carboxylic acids is 1. The Labute approximate surface area is 161 Å². The highest BCUT2D eigenvalue weighted by atomic mass is 19.4. The molecule has 2 saturated heterocycles. The van der Waals surface area contributed by atoms with Crippen LogP contribution in [0.25, 0.3) is 5.69 Å². The molecule has 2 aliphatic heterocycles. The minimum absolute atomic E-state index is 0.100. The molecular weight excluding hydrogens is 369 g/mol. The number of benzene rings is 1. The Hall–Kier alpha value is -2.35. The molecule has 8 heteroatoms. The van der Waals surface area contributed by atoms with E-state index in [0.717, 1.165) is 44.5 Å². The Morgan fingerprint density at radius 2 is 1.96 bits per heavy atom. The molecule has 1 amide bonds. The second-order valence-electron chi connectivity index (χ2n) is 7.82. The number of likely N-dealkylation sites (tertiary alicyclic amines) is 1. The quantitative estimate of drug-likeness (QED) is 0.852. The molecule has 0 bridgehead atoms. The third-order valence-electron chi connectivity index (χ3n) is 6.10. The van der Waals surface area contributed by atoms with Crippen LogP contribution < -0.4 is 5.32 Å². The highest BCUT2D eigenvalue weighted by Crippen LogP contribution is 2.37. The van der Waals surface area contributed by atoms with Gasteiger partial charge in [-0.15, -0.1) is 0 Å². The van der Waals surface area contributed by atoms with Crippen molar-refractivity contribution in [3.05, 3.63) is 47.3 Å². The Kier molecular flexibility index (Phi) is 4.69. The number of nitrogens with zero attached hydrogens (tertiary/aromatic N) is 3. The summed E-state index contributed by atoms with van der Waals surface area (Å²) in [6.07, 6.45) is 0.147. The Morgan fingerprint density at radius 1 is 1.21 bits per heavy atom. The second-order valence-corrected chi connectivity index (χ2v) is 7.82. The highest BCUT2D eigenvalue weighted by molar-refractivity contribution is 5.95. The van der Waals surface area contributed by atoms with Gasteiger partial charge in [0, 0.05) is 19.6 Å². The van der Waals surface area contributed by atoms with Gasteiger partial charge in [-0.3, -0.25) is 4.79 Å². The van der Waals surface area contributed by atoms with Crippen LogP contribution in [0.1, 0.15) is 40.9 Å². The zero-order valence-electron chi connectivity index (χ0n) is 15.7. The smallest absolute Gasteiger partial charge is 0.338 e. The van der Waals surface area contributed by atoms with Gasteiger partial charge < -0.3 is 10.2 Å². The average molecular weight is 392 g/mol. The van der Waals surface area contributed by atoms with Crippen LogP contribution in [0.3, 0.4) is 0 Å². The maximum absolute atomic E-state index is 13.0. The van der Waals surface area contributed by atoms with Crippen LogP contribution in [0.4, 0.5) is 13.2 Å². The monoisotopic (exact) mass is 392 g/mol. The fraction of sp³-hybridized carbons (Fsp3) is 0.500. The van der Waals surface area contributed by atoms with Crippen LogP contribution in [0.2, 0.25) is 0 Å². The number of piperidine rings is 1. The molecule has 0 saturated carbocycles. The van der Waals surface area contributed by atoms with Gasteiger partial charge in [-0.05, 0) is 56.3 Å². The van der Waals surface area contributed by atoms with E-state index in [0.29, 0.717) is 35.4 Å². The molecule has 28 heavy (non-hydrogen) atoms. The third-order valence-corrected chi connectivity index (χ3v) is 6.10. The third kappa shape index (κ3) is 3.41. The maximum atomic E-state index is 13.0. The maximum Gasteiger partial charge on any atom is 0.416 e. The van der Waals surface area contributed by atoms with Gasteiger partial charge in [0.1, 0.15) is 0 Å². The van der Waals surface area contributed by atoms with Crippen LogP contribution in [-0.4, -0.2) is 46.8 Å². The summed E-state index contributed by atoms with van der Waals surface area (Å²) in [7, 11) is 0. The highest BCUT2D eigenvalue weighted by Gasteiger charge is 2.38. The minimum atomic E-state index is -4.42. The van der Waals surface area contributed by atoms with Crippen molar-refractivity contribution >= 4 is 5.91 Å². The molecule has 150 valence electrons. The molecule has 1 spiro atoms. The first-order chi connectivity index (χ1) is 13.3. The second kappa shape index (κ2) is 6.92. The van der Waals surface area contributed by atoms with Crippen molar-refractivity contribution in [2.45, 2.75) is 32.4 Å². The normalized spacial score (nSPS) is 19.4. The molecule has 1 aromatic carbocycles. The molecule has 0 atom stereocenters. The van der Waals surface area contributed by atoms with E-state index in [-0.39, 0.29) is 5.91 Å². The fourth-order valence-corrected chi connectivity index (χ4v) is 4.27. The first kappa shape index (κ1) is 19.0. The zero-order valence-corrected chi connectivity index (χ0v) is 15.7. The van der Waals surface area contributed by atoms with Crippen LogP contribution >= 0.6 is 0 Å². The van der Waals surface area contributed by atoms with Gasteiger partial charge in [0.2, 0.25) is 0 Å². The number of alkyl halides is 3. The first-order valence-electron chi connectivity index (χ1n) is 9.51. The lowest BCUT2D eigenvalue weighted by molar-refractivity contribution is -0.137. The summed E-state index contributed by atoms with van der Waals surface area (Å²) in [5.74, 6) is -0.100. The summed E-state index contributed by atoms with van der Waals surface area (Å²) in [6.45, 7) is 5.18. The number of hydrogen-bond donors (Lipinski definition) is 1. The van der Waals surface area contributed by atoms with Crippen molar-refractivity contribution in [2.75, 3.05) is 26.2 Å². The minimum Gasteiger partial charge on any atom is -0.338 e. The molecule has 0 radical (unpaired) electrons. The molecule has 0 unspecified atom stereocenters. The van der Waals surface area contributed by atoms with Gasteiger partial charge in [0.15, 0.2) is 0 Å². The largest absolute Gasteiger partial charge is 0.416 e. The van der Waals surface area contributed by atoms with Crippen molar-refractivity contribution in [3.63, 3.8) is 0 Å². The van der Waals surface area contributed by atoms with E-state index in [4.69, 9.17) is 0 Å². The molecule has 1 N–H and O–H groups in total. The van der Waals surface area contributed by atoms with E-state index < -0.39 is 11.7 Å². The van der Waals surface area contributed by atoms with Crippen LogP contribution in [0, 0.1) is 12.3 Å². The molecule has 2 aromatic rings. The summed E-state index contributed by atoms with van der Waals surface area (Å²) in [6, 6.07) is 4.98. The Bertz CT molecular complexity index is 874. The van der Waals surface area contributed by atoms with Gasteiger partial charge in [-0.1, -0.05) is 6.07 Å². The van der Waals surface area contributed by atoms with Gasteiger partial charge in [-0.25, -0.2) is 4.68 Å². The molecule has 2 aliphatic rings. The number of amides is 1. The zero-order chi connectivity index (χ0) is 19.9. The standard InChI is InChI=1S/C20H23F3N4O/c1-14-17(18(28)26-9-6-19(7-10-26)5-8-24-13-19)12-25-27(14)16-4-2-3-15(11-16)20(21,22)23/h2-4,11-12,24H,5-10,13H2,1H3. The predicted molar refractivity (Wildman–Crippen MR) is 98.4 cm³/mol. The number of carbonyl (C=O) groups is 1. The van der Waals surface area contributed by atoms with Gasteiger partial charge in [-0.2, -0.15) is 18.3 Å². The van der Waals surface area contributed by atoms with E-state index in [1.807, 2.05) is 4.90 Å². The number of nitrogens with one attached hydrogen (secondary N) is 1. The van der Waals surface area contributed by atoms with Crippen molar-refractivity contribution in [2.24, 2.45) is 5.41 Å². The lowest BCUT2D eigenvalue weighted by Gasteiger charge is -2.38. The van der Waals surface area contributed by atoms with E-state index in [2.05, 4.69) is 10.4 Å². The van der Waals surface area contributed by atoms with Gasteiger partial charge in [0.25, 0.3) is 5.91 Å². The molecular formula is C20H23F3N4O. The SMILES string of the molecule is Cc1c(C(=O)N2CCC3(CCNC3)CC2)cnn1-c1cccc(C(F)(F)F)c1. The van der Waals surface area contributed by atoms with Gasteiger partial charge in [0.05, 0.1) is 28.7 Å². The van der Waals surface area contributed by atoms with E-state index in [1.54, 1.807) is 13.0 Å². The number of rotatable bonds is 2. The lowest BCUT2D eigenvalue weighted by Crippen LogP contribution is -2.44. The Morgan fingerprint density at radius 3 is 2.61 bits per heavy atom. The molecule has 3 heterocycles.